The van der Waals surface area contributed by atoms with Crippen LogP contribution >= 0.6 is 34.8 Å². The van der Waals surface area contributed by atoms with E-state index in [0.29, 0.717) is 22.9 Å². The van der Waals surface area contributed by atoms with E-state index in [4.69, 9.17) is 34.8 Å². The van der Waals surface area contributed by atoms with Crippen molar-refractivity contribution in [3.8, 4) is 0 Å². The monoisotopic (exact) mass is 370 g/mol. The van der Waals surface area contributed by atoms with E-state index in [1.165, 1.54) is 0 Å². The van der Waals surface area contributed by atoms with E-state index >= 15 is 0 Å². The first-order valence-corrected chi connectivity index (χ1v) is 8.20. The number of allylic oxidation sites excluding steroid dienone is 4. The highest BCUT2D eigenvalue weighted by atomic mass is 35.5. The Hall–Kier alpha value is -1.49. The summed E-state index contributed by atoms with van der Waals surface area (Å²) in [6, 6.07) is 7.07. The van der Waals surface area contributed by atoms with Gasteiger partial charge in [-0.2, -0.15) is 5.10 Å². The van der Waals surface area contributed by atoms with Gasteiger partial charge in [0.2, 0.25) is 0 Å². The number of alkyl halides is 1. The number of carboxylic acid groups (broad SMARTS) is 1. The molecule has 1 aromatic rings. The van der Waals surface area contributed by atoms with Crippen LogP contribution in [0.1, 0.15) is 24.4 Å². The molecule has 1 aliphatic carbocycles. The molecule has 4 nitrogen and oxygen atoms in total. The summed E-state index contributed by atoms with van der Waals surface area (Å²) in [5.41, 5.74) is 1.78. The minimum absolute atomic E-state index is 0.107. The van der Waals surface area contributed by atoms with E-state index in [2.05, 4.69) is 5.10 Å². The number of carboxylic acids is 1. The maximum Gasteiger partial charge on any atom is 0.352 e. The molecule has 0 aromatic heterocycles. The molecule has 7 heteroatoms. The molecule has 0 radical (unpaired) electrons. The van der Waals surface area contributed by atoms with Crippen LogP contribution in [0.3, 0.4) is 0 Å². The number of hydrogen-bond acceptors (Lipinski definition) is 3. The minimum Gasteiger partial charge on any atom is -0.477 e. The molecule has 1 aromatic carbocycles. The highest BCUT2D eigenvalue weighted by Crippen LogP contribution is 2.39. The highest BCUT2D eigenvalue weighted by molar-refractivity contribution is 6.36. The average molecular weight is 372 g/mol. The Balaban J connectivity index is 1.99. The molecule has 0 amide bonds. The SMILES string of the molecule is O=C(O)C1=NN(C2=CC=C(Cl)C[C@@H]2Cl)C(c2ccc(Cl)cc2)C1. The number of halogens is 3. The first kappa shape index (κ1) is 16.4. The van der Waals surface area contributed by atoms with Crippen LogP contribution in [0.25, 0.3) is 0 Å². The fourth-order valence-electron chi connectivity index (χ4n) is 2.67. The number of aliphatic carboxylic acids is 1. The molecule has 1 N–H and O–H groups in total. The number of rotatable bonds is 3. The molecule has 3 rings (SSSR count). The van der Waals surface area contributed by atoms with Crippen molar-refractivity contribution >= 4 is 46.5 Å². The van der Waals surface area contributed by atoms with Crippen LogP contribution in [0.15, 0.2) is 52.2 Å². The molecule has 1 aliphatic heterocycles. The zero-order valence-corrected chi connectivity index (χ0v) is 14.2. The Morgan fingerprint density at radius 2 is 1.87 bits per heavy atom. The van der Waals surface area contributed by atoms with Gasteiger partial charge in [0.25, 0.3) is 0 Å². The Bertz CT molecular complexity index is 725. The number of benzene rings is 1. The number of nitrogens with zero attached hydrogens (tertiary/aromatic N) is 2. The lowest BCUT2D eigenvalue weighted by molar-refractivity contribution is -0.129. The van der Waals surface area contributed by atoms with Crippen molar-refractivity contribution in [1.29, 1.82) is 0 Å². The zero-order valence-electron chi connectivity index (χ0n) is 11.9. The average Bonchev–Trinajstić information content (AvgIpc) is 2.93. The molecule has 23 heavy (non-hydrogen) atoms. The summed E-state index contributed by atoms with van der Waals surface area (Å²) in [6.45, 7) is 0. The van der Waals surface area contributed by atoms with Crippen LogP contribution in [0.5, 0.6) is 0 Å². The lowest BCUT2D eigenvalue weighted by atomic mass is 10.00. The molecule has 0 bridgehead atoms. The first-order chi connectivity index (χ1) is 11.0. The van der Waals surface area contributed by atoms with Gasteiger partial charge in [-0.1, -0.05) is 35.3 Å². The van der Waals surface area contributed by atoms with Gasteiger partial charge in [-0.15, -0.1) is 11.6 Å². The topological polar surface area (TPSA) is 52.9 Å². The predicted molar refractivity (Wildman–Crippen MR) is 92.0 cm³/mol. The summed E-state index contributed by atoms with van der Waals surface area (Å²) >= 11 is 18.3. The summed E-state index contributed by atoms with van der Waals surface area (Å²) < 4.78 is 0. The van der Waals surface area contributed by atoms with Crippen molar-refractivity contribution < 1.29 is 9.90 Å². The number of hydrazone groups is 1. The maximum absolute atomic E-state index is 11.3. The second kappa shape index (κ2) is 6.56. The maximum atomic E-state index is 11.3. The number of carbonyl (C=O) groups is 1. The van der Waals surface area contributed by atoms with Crippen molar-refractivity contribution in [2.24, 2.45) is 5.10 Å². The molecule has 0 spiro atoms. The van der Waals surface area contributed by atoms with Gasteiger partial charge in [0.1, 0.15) is 5.71 Å². The Kier molecular flexibility index (Phi) is 4.67. The lowest BCUT2D eigenvalue weighted by Gasteiger charge is -2.30. The molecule has 0 saturated carbocycles. The van der Waals surface area contributed by atoms with E-state index in [9.17, 15) is 9.90 Å². The third-order valence-electron chi connectivity index (χ3n) is 3.81. The molecule has 2 aliphatic rings. The fourth-order valence-corrected chi connectivity index (χ4v) is 3.43. The number of hydrogen-bond donors (Lipinski definition) is 1. The molecule has 120 valence electrons. The molecule has 1 unspecified atom stereocenters. The summed E-state index contributed by atoms with van der Waals surface area (Å²) in [4.78, 5) is 11.3. The smallest absolute Gasteiger partial charge is 0.352 e. The van der Waals surface area contributed by atoms with Gasteiger partial charge in [-0.25, -0.2) is 4.79 Å². The van der Waals surface area contributed by atoms with Crippen molar-refractivity contribution in [3.63, 3.8) is 0 Å². The van der Waals surface area contributed by atoms with Crippen LogP contribution in [-0.2, 0) is 4.79 Å². The van der Waals surface area contributed by atoms with E-state index in [1.54, 1.807) is 29.3 Å². The molecular formula is C16H13Cl3N2O2. The van der Waals surface area contributed by atoms with Gasteiger partial charge in [0.15, 0.2) is 0 Å². The lowest BCUT2D eigenvalue weighted by Crippen LogP contribution is -2.25. The van der Waals surface area contributed by atoms with Crippen molar-refractivity contribution in [1.82, 2.24) is 5.01 Å². The van der Waals surface area contributed by atoms with Crippen LogP contribution in [0.2, 0.25) is 5.02 Å². The molecular weight excluding hydrogens is 359 g/mol. The highest BCUT2D eigenvalue weighted by Gasteiger charge is 2.35. The van der Waals surface area contributed by atoms with Gasteiger partial charge < -0.3 is 5.11 Å². The quantitative estimate of drug-likeness (QED) is 0.793. The third kappa shape index (κ3) is 3.39. The molecule has 1 heterocycles. The van der Waals surface area contributed by atoms with Crippen LogP contribution < -0.4 is 0 Å². The van der Waals surface area contributed by atoms with Gasteiger partial charge in [-0.05, 0) is 29.8 Å². The molecule has 0 fully saturated rings. The Labute approximate surface area is 148 Å². The van der Waals surface area contributed by atoms with Crippen molar-refractivity contribution in [3.05, 3.63) is 57.7 Å². The summed E-state index contributed by atoms with van der Waals surface area (Å²) in [7, 11) is 0. The predicted octanol–water partition coefficient (Wildman–Crippen LogP) is 4.55. The van der Waals surface area contributed by atoms with Gasteiger partial charge in [-0.3, -0.25) is 5.01 Å². The standard InChI is InChI=1S/C16H13Cl3N2O2/c17-10-3-1-9(2-4-10)15-8-13(16(22)23)20-21(15)14-6-5-11(18)7-12(14)19/h1-6,12,15H,7-8H2,(H,22,23)/t12-,15?/m0/s1. The summed E-state index contributed by atoms with van der Waals surface area (Å²) in [6.07, 6.45) is 4.36. The van der Waals surface area contributed by atoms with E-state index < -0.39 is 5.97 Å². The third-order valence-corrected chi connectivity index (χ3v) is 4.72. The first-order valence-electron chi connectivity index (χ1n) is 7.01. The minimum atomic E-state index is -1.03. The van der Waals surface area contributed by atoms with E-state index in [1.807, 2.05) is 12.1 Å². The fraction of sp³-hybridized carbons (Fsp3) is 0.250. The van der Waals surface area contributed by atoms with Crippen LogP contribution in [0, 0.1) is 0 Å². The van der Waals surface area contributed by atoms with Crippen molar-refractivity contribution in [2.75, 3.05) is 0 Å². The second-order valence-corrected chi connectivity index (χ2v) is 6.79. The van der Waals surface area contributed by atoms with Crippen LogP contribution in [-0.4, -0.2) is 27.2 Å². The molecule has 0 saturated heterocycles. The normalized spacial score (nSPS) is 24.1. The van der Waals surface area contributed by atoms with E-state index in [-0.39, 0.29) is 17.1 Å². The van der Waals surface area contributed by atoms with Crippen molar-refractivity contribution in [2.45, 2.75) is 24.3 Å². The zero-order chi connectivity index (χ0) is 16.6. The molecule has 2 atom stereocenters. The van der Waals surface area contributed by atoms with Gasteiger partial charge in [0.05, 0.1) is 17.1 Å². The van der Waals surface area contributed by atoms with Gasteiger partial charge >= 0.3 is 5.97 Å². The largest absolute Gasteiger partial charge is 0.477 e. The van der Waals surface area contributed by atoms with Gasteiger partial charge in [0, 0.05) is 22.9 Å². The van der Waals surface area contributed by atoms with E-state index in [0.717, 1.165) is 11.3 Å². The Morgan fingerprint density at radius 1 is 1.17 bits per heavy atom. The Morgan fingerprint density at radius 3 is 2.48 bits per heavy atom. The summed E-state index contributed by atoms with van der Waals surface area (Å²) in [5.74, 6) is -1.03. The second-order valence-electron chi connectivity index (χ2n) is 5.34. The summed E-state index contributed by atoms with van der Waals surface area (Å²) in [5, 5.41) is 16.2. The van der Waals surface area contributed by atoms with Crippen LogP contribution in [0.4, 0.5) is 0 Å².